The first kappa shape index (κ1) is 20.1. The van der Waals surface area contributed by atoms with Gasteiger partial charge in [-0.3, -0.25) is 4.79 Å². The van der Waals surface area contributed by atoms with Gasteiger partial charge in [0.15, 0.2) is 15.3 Å². The molecule has 0 bridgehead atoms. The molecule has 2 aromatic rings. The van der Waals surface area contributed by atoms with E-state index < -0.39 is 32.4 Å². The molecule has 0 amide bonds. The van der Waals surface area contributed by atoms with Crippen molar-refractivity contribution in [2.24, 2.45) is 5.41 Å². The maximum Gasteiger partial charge on any atom is 0.328 e. The van der Waals surface area contributed by atoms with Crippen LogP contribution in [0.2, 0.25) is 0 Å². The number of benzene rings is 2. The van der Waals surface area contributed by atoms with Crippen LogP contribution >= 0.6 is 0 Å². The van der Waals surface area contributed by atoms with Gasteiger partial charge in [0.05, 0.1) is 17.6 Å². The summed E-state index contributed by atoms with van der Waals surface area (Å²) in [5.74, 6) is -1.53. The monoisotopic (exact) mass is 397 g/mol. The fourth-order valence-electron chi connectivity index (χ4n) is 3.73. The minimum absolute atomic E-state index is 0.0844. The molecule has 0 unspecified atom stereocenters. The highest BCUT2D eigenvalue weighted by atomic mass is 32.2. The molecule has 28 heavy (non-hydrogen) atoms. The average molecular weight is 397 g/mol. The van der Waals surface area contributed by atoms with Crippen molar-refractivity contribution in [2.45, 2.75) is 43.3 Å². The topological polar surface area (TPSA) is 84.2 Å². The van der Waals surface area contributed by atoms with Crippen LogP contribution in [0.1, 0.15) is 36.5 Å². The molecule has 1 saturated carbocycles. The minimum Gasteiger partial charge on any atom is -0.465 e. The molecule has 6 heteroatoms. The lowest BCUT2D eigenvalue weighted by Gasteiger charge is -2.09. The molecule has 0 aliphatic heterocycles. The van der Waals surface area contributed by atoms with E-state index in [1.54, 1.807) is 31.2 Å². The summed E-state index contributed by atoms with van der Waals surface area (Å²) in [7, 11) is -3.90. The molecule has 0 heterocycles. The second kappa shape index (κ2) is 7.40. The zero-order valence-corrected chi connectivity index (χ0v) is 17.0. The maximum atomic E-state index is 13.3. The number of nitrogens with zero attached hydrogens (tertiary/aromatic N) is 1. The van der Waals surface area contributed by atoms with E-state index in [2.05, 4.69) is 0 Å². The Morgan fingerprint density at radius 3 is 2.21 bits per heavy atom. The van der Waals surface area contributed by atoms with Crippen molar-refractivity contribution in [3.63, 3.8) is 0 Å². The average Bonchev–Trinajstić information content (AvgIpc) is 3.40. The third-order valence-electron chi connectivity index (χ3n) is 5.36. The molecule has 146 valence electrons. The van der Waals surface area contributed by atoms with Crippen molar-refractivity contribution in [2.75, 3.05) is 6.61 Å². The van der Waals surface area contributed by atoms with Gasteiger partial charge in [0.1, 0.15) is 5.25 Å². The second-order valence-corrected chi connectivity index (χ2v) is 9.12. The lowest BCUT2D eigenvalue weighted by molar-refractivity contribution is -0.147. The first-order valence-electron chi connectivity index (χ1n) is 9.30. The van der Waals surface area contributed by atoms with Crippen LogP contribution in [0, 0.1) is 23.7 Å². The number of hydrogen-bond donors (Lipinski definition) is 0. The molecule has 2 aromatic carbocycles. The maximum absolute atomic E-state index is 13.3. The summed E-state index contributed by atoms with van der Waals surface area (Å²) in [5.41, 5.74) is 0.958. The van der Waals surface area contributed by atoms with E-state index in [4.69, 9.17) is 4.74 Å². The van der Waals surface area contributed by atoms with E-state index in [-0.39, 0.29) is 11.5 Å². The quantitative estimate of drug-likeness (QED) is 0.696. The molecule has 1 fully saturated rings. The normalized spacial score (nSPS) is 23.6. The van der Waals surface area contributed by atoms with Crippen molar-refractivity contribution in [3.8, 4) is 6.07 Å². The van der Waals surface area contributed by atoms with E-state index in [0.29, 0.717) is 5.56 Å². The van der Waals surface area contributed by atoms with Crippen LogP contribution in [0.25, 0.3) is 0 Å². The predicted molar refractivity (Wildman–Crippen MR) is 105 cm³/mol. The van der Waals surface area contributed by atoms with Gasteiger partial charge in [0.2, 0.25) is 0 Å². The van der Waals surface area contributed by atoms with Gasteiger partial charge < -0.3 is 4.74 Å². The molecular formula is C22H23NO4S. The molecule has 3 rings (SSSR count). The predicted octanol–water partition coefficient (Wildman–Crippen LogP) is 3.57. The Bertz CT molecular complexity index is 1020. The number of carbonyl (C=O) groups is 1. The third-order valence-corrected chi connectivity index (χ3v) is 7.60. The Kier molecular flexibility index (Phi) is 5.31. The highest BCUT2D eigenvalue weighted by molar-refractivity contribution is 7.92. The van der Waals surface area contributed by atoms with Gasteiger partial charge in [-0.15, -0.1) is 0 Å². The summed E-state index contributed by atoms with van der Waals surface area (Å²) in [6, 6.07) is 15.9. The van der Waals surface area contributed by atoms with Crippen LogP contribution in [0.4, 0.5) is 0 Å². The molecule has 5 nitrogen and oxygen atoms in total. The Balaban J connectivity index is 2.11. The Morgan fingerprint density at radius 1 is 1.11 bits per heavy atom. The highest BCUT2D eigenvalue weighted by Gasteiger charge is 2.77. The van der Waals surface area contributed by atoms with E-state index >= 15 is 0 Å². The number of sulfone groups is 1. The van der Waals surface area contributed by atoms with Crippen molar-refractivity contribution in [1.82, 2.24) is 0 Å². The zero-order valence-electron chi connectivity index (χ0n) is 16.2. The van der Waals surface area contributed by atoms with Crippen LogP contribution < -0.4 is 0 Å². The fourth-order valence-corrected chi connectivity index (χ4v) is 5.97. The molecule has 0 aromatic heterocycles. The molecule has 0 saturated heterocycles. The number of aryl methyl sites for hydroxylation is 2. The van der Waals surface area contributed by atoms with E-state index in [9.17, 15) is 18.5 Å². The Labute approximate surface area is 165 Å². The van der Waals surface area contributed by atoms with Crippen molar-refractivity contribution in [1.29, 1.82) is 5.26 Å². The Morgan fingerprint density at radius 2 is 1.71 bits per heavy atom. The number of carbonyl (C=O) groups excluding carboxylic acids is 1. The molecule has 3 atom stereocenters. The smallest absolute Gasteiger partial charge is 0.328 e. The molecule has 1 aliphatic carbocycles. The SMILES string of the molecule is CCOC(=O)[C@@]1(C#N)[C@H](c2ccc(CC)cc2)[C@@H]1S(=O)(=O)c1ccc(C)cc1. The molecule has 0 N–H and O–H groups in total. The first-order chi connectivity index (χ1) is 13.3. The summed E-state index contributed by atoms with van der Waals surface area (Å²) in [6.07, 6.45) is 0.845. The van der Waals surface area contributed by atoms with Gasteiger partial charge in [-0.05, 0) is 43.5 Å². The molecule has 0 radical (unpaired) electrons. The number of rotatable bonds is 6. The van der Waals surface area contributed by atoms with Crippen molar-refractivity contribution < 1.29 is 17.9 Å². The lowest BCUT2D eigenvalue weighted by atomic mass is 9.99. The summed E-state index contributed by atoms with van der Waals surface area (Å²) in [6.45, 7) is 5.61. The van der Waals surface area contributed by atoms with Crippen LogP contribution in [-0.2, 0) is 25.8 Å². The van der Waals surface area contributed by atoms with Gasteiger partial charge in [-0.2, -0.15) is 5.26 Å². The number of esters is 1. The molecule has 1 aliphatic rings. The van der Waals surface area contributed by atoms with Gasteiger partial charge in [0, 0.05) is 5.92 Å². The highest BCUT2D eigenvalue weighted by Crippen LogP contribution is 2.64. The van der Waals surface area contributed by atoms with Crippen molar-refractivity contribution >= 4 is 15.8 Å². The van der Waals surface area contributed by atoms with Crippen LogP contribution in [0.15, 0.2) is 53.4 Å². The molecular weight excluding hydrogens is 374 g/mol. The van der Waals surface area contributed by atoms with Crippen molar-refractivity contribution in [3.05, 3.63) is 65.2 Å². The number of ether oxygens (including phenoxy) is 1. The second-order valence-electron chi connectivity index (χ2n) is 7.05. The van der Waals surface area contributed by atoms with E-state index in [0.717, 1.165) is 17.5 Å². The Hall–Kier alpha value is -2.65. The summed E-state index contributed by atoms with van der Waals surface area (Å²) >= 11 is 0. The summed E-state index contributed by atoms with van der Waals surface area (Å²) in [4.78, 5) is 12.8. The lowest BCUT2D eigenvalue weighted by Crippen LogP contribution is -2.25. The summed E-state index contributed by atoms with van der Waals surface area (Å²) < 4.78 is 31.8. The van der Waals surface area contributed by atoms with E-state index in [1.165, 1.54) is 12.1 Å². The summed E-state index contributed by atoms with van der Waals surface area (Å²) in [5, 5.41) is 8.73. The van der Waals surface area contributed by atoms with Gasteiger partial charge in [-0.25, -0.2) is 8.42 Å². The largest absolute Gasteiger partial charge is 0.465 e. The van der Waals surface area contributed by atoms with Crippen LogP contribution in [0.5, 0.6) is 0 Å². The number of hydrogen-bond acceptors (Lipinski definition) is 5. The molecule has 0 spiro atoms. The zero-order chi connectivity index (χ0) is 20.5. The first-order valence-corrected chi connectivity index (χ1v) is 10.8. The van der Waals surface area contributed by atoms with Gasteiger partial charge in [-0.1, -0.05) is 48.9 Å². The van der Waals surface area contributed by atoms with Crippen LogP contribution in [-0.4, -0.2) is 26.2 Å². The van der Waals surface area contributed by atoms with E-state index in [1.807, 2.05) is 32.0 Å². The van der Waals surface area contributed by atoms with Crippen LogP contribution in [0.3, 0.4) is 0 Å². The number of nitriles is 1. The fraction of sp³-hybridized carbons (Fsp3) is 0.364. The van der Waals surface area contributed by atoms with Gasteiger partial charge >= 0.3 is 5.97 Å². The van der Waals surface area contributed by atoms with Gasteiger partial charge in [0.25, 0.3) is 0 Å². The third kappa shape index (κ3) is 3.10. The minimum atomic E-state index is -3.90. The standard InChI is InChI=1S/C22H23NO4S/c1-4-16-8-10-17(11-9-16)19-20(22(19,14-23)21(24)27-5-2)28(25,26)18-12-6-15(3)7-13-18/h6-13,19-20H,4-5H2,1-3H3/t19-,20+,22+/m1/s1.